The summed E-state index contributed by atoms with van der Waals surface area (Å²) in [5, 5.41) is 0. The van der Waals surface area contributed by atoms with Crippen LogP contribution in [0, 0.1) is 5.92 Å². The third-order valence-corrected chi connectivity index (χ3v) is 5.35. The molecule has 0 unspecified atom stereocenters. The highest BCUT2D eigenvalue weighted by molar-refractivity contribution is 5.22. The molecule has 7 heteroatoms. The molecule has 0 radical (unpaired) electrons. The lowest BCUT2D eigenvalue weighted by Crippen LogP contribution is -2.66. The van der Waals surface area contributed by atoms with Crippen LogP contribution >= 0.6 is 0 Å². The normalized spacial score (nSPS) is 38.4. The van der Waals surface area contributed by atoms with Crippen molar-refractivity contribution in [3.8, 4) is 0 Å². The van der Waals surface area contributed by atoms with Crippen molar-refractivity contribution in [1.82, 2.24) is 0 Å². The Morgan fingerprint density at radius 2 is 1.63 bits per heavy atom. The highest BCUT2D eigenvalue weighted by Crippen LogP contribution is 2.42. The fourth-order valence-corrected chi connectivity index (χ4v) is 4.02. The van der Waals surface area contributed by atoms with Crippen LogP contribution in [-0.4, -0.2) is 64.6 Å². The molecule has 2 heterocycles. The zero-order valence-corrected chi connectivity index (χ0v) is 15.6. The average molecular weight is 378 g/mol. The molecule has 7 nitrogen and oxygen atoms in total. The summed E-state index contributed by atoms with van der Waals surface area (Å²) >= 11 is 0. The lowest BCUT2D eigenvalue weighted by atomic mass is 9.76. The lowest BCUT2D eigenvalue weighted by molar-refractivity contribution is -0.389. The van der Waals surface area contributed by atoms with E-state index in [4.69, 9.17) is 33.2 Å². The number of hydrogen-bond acceptors (Lipinski definition) is 7. The Balaban J connectivity index is 1.50. The Morgan fingerprint density at radius 3 is 2.33 bits per heavy atom. The monoisotopic (exact) mass is 378 g/mol. The summed E-state index contributed by atoms with van der Waals surface area (Å²) in [7, 11) is 3.13. The first-order chi connectivity index (χ1) is 13.2. The predicted octanol–water partition coefficient (Wildman–Crippen LogP) is 1.86. The van der Waals surface area contributed by atoms with Crippen molar-refractivity contribution in [1.29, 1.82) is 0 Å². The maximum atomic E-state index is 6.19. The largest absolute Gasteiger partial charge is 0.376 e. The Morgan fingerprint density at radius 1 is 0.963 bits per heavy atom. The smallest absolute Gasteiger partial charge is 0.209 e. The molecule has 148 valence electrons. The van der Waals surface area contributed by atoms with Crippen LogP contribution in [0.25, 0.3) is 0 Å². The second-order valence-corrected chi connectivity index (χ2v) is 6.94. The zero-order valence-electron chi connectivity index (χ0n) is 15.6. The highest BCUT2D eigenvalue weighted by atomic mass is 16.8. The molecule has 1 aliphatic carbocycles. The number of ether oxygens (including phenoxy) is 7. The van der Waals surface area contributed by atoms with Crippen LogP contribution in [0.2, 0.25) is 0 Å². The van der Waals surface area contributed by atoms with Crippen molar-refractivity contribution in [2.24, 2.45) is 5.92 Å². The molecule has 2 aliphatic heterocycles. The van der Waals surface area contributed by atoms with E-state index in [0.717, 1.165) is 11.1 Å². The minimum atomic E-state index is -0.627. The van der Waals surface area contributed by atoms with Gasteiger partial charge in [0.05, 0.1) is 25.4 Å². The van der Waals surface area contributed by atoms with Gasteiger partial charge in [-0.2, -0.15) is 0 Å². The van der Waals surface area contributed by atoms with Crippen molar-refractivity contribution >= 4 is 0 Å². The van der Waals surface area contributed by atoms with Gasteiger partial charge in [-0.25, -0.2) is 0 Å². The van der Waals surface area contributed by atoms with Crippen LogP contribution in [0.5, 0.6) is 0 Å². The van der Waals surface area contributed by atoms with Crippen molar-refractivity contribution < 1.29 is 33.2 Å². The fraction of sp³-hybridized carbons (Fsp3) is 0.600. The van der Waals surface area contributed by atoms with E-state index in [1.165, 1.54) is 0 Å². The second-order valence-electron chi connectivity index (χ2n) is 6.94. The number of benzene rings is 1. The molecule has 1 aromatic rings. The third kappa shape index (κ3) is 3.69. The molecule has 1 saturated carbocycles. The molecule has 0 amide bonds. The first-order valence-corrected chi connectivity index (χ1v) is 9.13. The van der Waals surface area contributed by atoms with Gasteiger partial charge in [-0.3, -0.25) is 0 Å². The molecule has 0 N–H and O–H groups in total. The molecule has 0 spiro atoms. The molecule has 2 bridgehead atoms. The molecule has 2 saturated heterocycles. The Bertz CT molecular complexity index is 636. The van der Waals surface area contributed by atoms with Gasteiger partial charge in [0.1, 0.15) is 19.0 Å². The molecule has 7 atom stereocenters. The van der Waals surface area contributed by atoms with Gasteiger partial charge in [-0.05, 0) is 11.1 Å². The summed E-state index contributed by atoms with van der Waals surface area (Å²) in [6, 6.07) is 10.0. The SMILES string of the molecule is C=C1[C@H]2OCO[C@@H]1[C@H](COCc1ccccc1)[C@H]1O[C@H](OC)[C@@H](OC)O[C@@H]12. The van der Waals surface area contributed by atoms with Gasteiger partial charge in [-0.1, -0.05) is 36.9 Å². The summed E-state index contributed by atoms with van der Waals surface area (Å²) in [6.07, 6.45) is -2.41. The van der Waals surface area contributed by atoms with E-state index < -0.39 is 12.6 Å². The molecule has 3 aliphatic rings. The van der Waals surface area contributed by atoms with E-state index in [2.05, 4.69) is 6.58 Å². The van der Waals surface area contributed by atoms with E-state index in [0.29, 0.717) is 13.2 Å². The van der Waals surface area contributed by atoms with E-state index in [9.17, 15) is 0 Å². The molecule has 1 aromatic carbocycles. The lowest BCUT2D eigenvalue weighted by Gasteiger charge is -2.53. The molecule has 4 rings (SSSR count). The molecular formula is C20H26O7. The van der Waals surface area contributed by atoms with E-state index in [1.54, 1.807) is 14.2 Å². The van der Waals surface area contributed by atoms with Crippen molar-refractivity contribution in [3.05, 3.63) is 48.0 Å². The van der Waals surface area contributed by atoms with Crippen molar-refractivity contribution in [2.45, 2.75) is 43.6 Å². The van der Waals surface area contributed by atoms with Gasteiger partial charge in [0.25, 0.3) is 0 Å². The average Bonchev–Trinajstić information content (AvgIpc) is 2.70. The summed E-state index contributed by atoms with van der Waals surface area (Å²) in [5.74, 6) is -0.0816. The minimum Gasteiger partial charge on any atom is -0.376 e. The first-order valence-electron chi connectivity index (χ1n) is 9.13. The van der Waals surface area contributed by atoms with Gasteiger partial charge < -0.3 is 33.2 Å². The Hall–Kier alpha value is -1.32. The summed E-state index contributed by atoms with van der Waals surface area (Å²) in [5.41, 5.74) is 1.97. The second kappa shape index (κ2) is 8.36. The van der Waals surface area contributed by atoms with E-state index in [-0.39, 0.29) is 37.1 Å². The Labute approximate surface area is 159 Å². The molecular weight excluding hydrogens is 352 g/mol. The van der Waals surface area contributed by atoms with Gasteiger partial charge >= 0.3 is 0 Å². The van der Waals surface area contributed by atoms with Crippen molar-refractivity contribution in [3.63, 3.8) is 0 Å². The van der Waals surface area contributed by atoms with Crippen LogP contribution in [0.4, 0.5) is 0 Å². The van der Waals surface area contributed by atoms with E-state index in [1.807, 2.05) is 30.3 Å². The quantitative estimate of drug-likeness (QED) is 0.700. The molecule has 0 aromatic heterocycles. The van der Waals surface area contributed by atoms with Gasteiger partial charge in [-0.15, -0.1) is 0 Å². The molecule has 27 heavy (non-hydrogen) atoms. The maximum absolute atomic E-state index is 6.19. The number of methoxy groups -OCH3 is 2. The van der Waals surface area contributed by atoms with Gasteiger partial charge in [0.15, 0.2) is 0 Å². The van der Waals surface area contributed by atoms with Crippen LogP contribution in [0.3, 0.4) is 0 Å². The number of hydrogen-bond donors (Lipinski definition) is 0. The minimum absolute atomic E-state index is 0.0816. The van der Waals surface area contributed by atoms with Gasteiger partial charge in [0.2, 0.25) is 12.6 Å². The highest BCUT2D eigenvalue weighted by Gasteiger charge is 2.56. The third-order valence-electron chi connectivity index (χ3n) is 5.35. The zero-order chi connectivity index (χ0) is 18.8. The number of fused-ring (bicyclic) bond motifs is 4. The summed E-state index contributed by atoms with van der Waals surface area (Å²) < 4.78 is 40.7. The topological polar surface area (TPSA) is 64.6 Å². The summed E-state index contributed by atoms with van der Waals surface area (Å²) in [6.45, 7) is 5.34. The standard InChI is InChI=1S/C20H26O7/c1-12-15-14(10-23-9-13-7-5-4-6-8-13)17-18(16(12)25-11-24-15)27-20(22-3)19(21-2)26-17/h4-8,14-20H,1,9-11H2,2-3H3/t14-,15-,16+,17+,18+,19-,20-/m0/s1. The van der Waals surface area contributed by atoms with Gasteiger partial charge in [0, 0.05) is 20.1 Å². The summed E-state index contributed by atoms with van der Waals surface area (Å²) in [4.78, 5) is 0. The predicted molar refractivity (Wildman–Crippen MR) is 94.7 cm³/mol. The van der Waals surface area contributed by atoms with Crippen LogP contribution in [0.1, 0.15) is 5.56 Å². The van der Waals surface area contributed by atoms with E-state index >= 15 is 0 Å². The van der Waals surface area contributed by atoms with Crippen LogP contribution in [-0.2, 0) is 39.8 Å². The fourth-order valence-electron chi connectivity index (χ4n) is 4.02. The maximum Gasteiger partial charge on any atom is 0.209 e. The number of rotatable bonds is 6. The van der Waals surface area contributed by atoms with Crippen LogP contribution < -0.4 is 0 Å². The van der Waals surface area contributed by atoms with Crippen LogP contribution in [0.15, 0.2) is 42.5 Å². The molecule has 3 fully saturated rings. The van der Waals surface area contributed by atoms with Crippen molar-refractivity contribution in [2.75, 3.05) is 27.6 Å². The Kier molecular flexibility index (Phi) is 5.89. The first kappa shape index (κ1) is 19.0.